The van der Waals surface area contributed by atoms with E-state index in [0.29, 0.717) is 6.23 Å². The van der Waals surface area contributed by atoms with Crippen LogP contribution in [0.15, 0.2) is 0 Å². The number of nitrogens with zero attached hydrogens (tertiary/aromatic N) is 1. The predicted molar refractivity (Wildman–Crippen MR) is 74.0 cm³/mol. The molecule has 0 aromatic rings. The molecule has 0 aliphatic heterocycles. The molecule has 0 aromatic carbocycles. The van der Waals surface area contributed by atoms with Crippen LogP contribution >= 0.6 is 0 Å². The Kier molecular flexibility index (Phi) is 10.9. The Labute approximate surface area is 107 Å². The smallest absolute Gasteiger partial charge is 0.461 e. The highest BCUT2D eigenvalue weighted by atomic mass is 27.2. The van der Waals surface area contributed by atoms with Gasteiger partial charge in [0, 0.05) is 13.1 Å². The van der Waals surface area contributed by atoms with Crippen molar-refractivity contribution in [3.63, 3.8) is 0 Å². The molecule has 0 saturated carbocycles. The van der Waals surface area contributed by atoms with E-state index in [-0.39, 0.29) is 0 Å². The third-order valence-electron chi connectivity index (χ3n) is 3.04. The van der Waals surface area contributed by atoms with E-state index < -0.39 is 14.5 Å². The molecule has 1 atom stereocenters. The second-order valence-electron chi connectivity index (χ2n) is 4.47. The first-order chi connectivity index (χ1) is 7.73. The first kappa shape index (κ1) is 16.5. The van der Waals surface area contributed by atoms with Crippen LogP contribution in [0.3, 0.4) is 0 Å². The van der Waals surface area contributed by atoms with Gasteiger partial charge in [0.15, 0.2) is 0 Å². The zero-order valence-corrected chi connectivity index (χ0v) is 13.1. The van der Waals surface area contributed by atoms with Gasteiger partial charge in [-0.25, -0.2) is 0 Å². The van der Waals surface area contributed by atoms with Crippen LogP contribution in [0.2, 0.25) is 10.6 Å². The minimum atomic E-state index is -0.915. The van der Waals surface area contributed by atoms with E-state index in [4.69, 9.17) is 3.79 Å². The molecule has 0 heterocycles. The fraction of sp³-hybridized carbons (Fsp3) is 1.00. The molecule has 96 valence electrons. The first-order valence-corrected chi connectivity index (χ1v) is 9.23. The highest BCUT2D eigenvalue weighted by Gasteiger charge is 2.23. The molecule has 0 aromatic heterocycles. The summed E-state index contributed by atoms with van der Waals surface area (Å²) in [6, 6.07) is 0. The molecule has 0 amide bonds. The minimum Gasteiger partial charge on any atom is -0.487 e. The Morgan fingerprint density at radius 3 is 1.75 bits per heavy atom. The lowest BCUT2D eigenvalue weighted by atomic mass is 10.3. The first-order valence-electron chi connectivity index (χ1n) is 7.12. The van der Waals surface area contributed by atoms with Crippen LogP contribution in [0.1, 0.15) is 53.9 Å². The van der Waals surface area contributed by atoms with Gasteiger partial charge < -0.3 is 3.79 Å². The minimum absolute atomic E-state index is 0.386. The molecule has 2 nitrogen and oxygen atoms in total. The van der Waals surface area contributed by atoms with E-state index in [1.54, 1.807) is 0 Å². The lowest BCUT2D eigenvalue weighted by molar-refractivity contribution is 0.0193. The average molecular weight is 243 g/mol. The van der Waals surface area contributed by atoms with Gasteiger partial charge in [0.1, 0.15) is 0 Å². The molecule has 3 heteroatoms. The second-order valence-corrected chi connectivity index (χ2v) is 7.62. The van der Waals surface area contributed by atoms with Crippen molar-refractivity contribution in [3.05, 3.63) is 0 Å². The normalized spacial score (nSPS) is 13.1. The van der Waals surface area contributed by atoms with Gasteiger partial charge in [0.2, 0.25) is 0 Å². The van der Waals surface area contributed by atoms with Crippen molar-refractivity contribution in [1.82, 2.24) is 4.90 Å². The van der Waals surface area contributed by atoms with Crippen LogP contribution in [-0.2, 0) is 3.79 Å². The summed E-state index contributed by atoms with van der Waals surface area (Å²) in [6.07, 6.45) is 3.97. The topological polar surface area (TPSA) is 12.5 Å². The summed E-state index contributed by atoms with van der Waals surface area (Å²) in [6.45, 7) is 13.7. The number of rotatable bonds is 10. The average Bonchev–Trinajstić information content (AvgIpc) is 2.31. The van der Waals surface area contributed by atoms with Crippen molar-refractivity contribution >= 4 is 14.5 Å². The second kappa shape index (κ2) is 10.6. The molecule has 0 spiro atoms. The van der Waals surface area contributed by atoms with Crippen LogP contribution in [-0.4, -0.2) is 38.7 Å². The Morgan fingerprint density at radius 1 is 0.938 bits per heavy atom. The summed E-state index contributed by atoms with van der Waals surface area (Å²) < 4.78 is 6.33. The molecule has 0 radical (unpaired) electrons. The van der Waals surface area contributed by atoms with E-state index >= 15 is 0 Å². The third kappa shape index (κ3) is 6.25. The molecule has 0 N–H and O–H groups in total. The summed E-state index contributed by atoms with van der Waals surface area (Å²) in [5.41, 5.74) is 0. The molecule has 0 aliphatic rings. The predicted octanol–water partition coefficient (Wildman–Crippen LogP) is 3.89. The van der Waals surface area contributed by atoms with Crippen molar-refractivity contribution in [2.45, 2.75) is 70.7 Å². The summed E-state index contributed by atoms with van der Waals surface area (Å²) in [5.74, 6) is 0. The van der Waals surface area contributed by atoms with Crippen LogP contribution in [0.25, 0.3) is 0 Å². The van der Waals surface area contributed by atoms with E-state index in [1.165, 1.54) is 36.5 Å². The molecule has 1 unspecified atom stereocenters. The van der Waals surface area contributed by atoms with Crippen LogP contribution in [0, 0.1) is 0 Å². The van der Waals surface area contributed by atoms with Crippen LogP contribution in [0.4, 0.5) is 0 Å². The van der Waals surface area contributed by atoms with Crippen molar-refractivity contribution in [2.75, 3.05) is 13.1 Å². The largest absolute Gasteiger partial charge is 0.487 e. The molecular weight excluding hydrogens is 213 g/mol. The quantitative estimate of drug-likeness (QED) is 0.426. The maximum Gasteiger partial charge on any atom is 0.461 e. The van der Waals surface area contributed by atoms with Crippen molar-refractivity contribution in [1.29, 1.82) is 0 Å². The van der Waals surface area contributed by atoms with Gasteiger partial charge in [-0.15, -0.1) is 0 Å². The summed E-state index contributed by atoms with van der Waals surface area (Å²) in [5, 5.41) is 2.53. The number of hydrogen-bond donors (Lipinski definition) is 0. The fourth-order valence-electron chi connectivity index (χ4n) is 2.12. The molecule has 0 rings (SSSR count). The third-order valence-corrected chi connectivity index (χ3v) is 5.56. The fourth-order valence-corrected chi connectivity index (χ4v) is 3.89. The Morgan fingerprint density at radius 2 is 1.44 bits per heavy atom. The van der Waals surface area contributed by atoms with Crippen molar-refractivity contribution in [3.8, 4) is 0 Å². The van der Waals surface area contributed by atoms with Gasteiger partial charge in [-0.3, -0.25) is 4.90 Å². The maximum atomic E-state index is 6.33. The highest BCUT2D eigenvalue weighted by Crippen LogP contribution is 2.12. The monoisotopic (exact) mass is 243 g/mol. The SMILES string of the molecule is CCCN(CCC)C(CC)[O][Al]([CH2]C)[CH2]C. The van der Waals surface area contributed by atoms with Crippen molar-refractivity contribution < 1.29 is 3.79 Å². The van der Waals surface area contributed by atoms with Gasteiger partial charge in [-0.1, -0.05) is 45.2 Å². The zero-order valence-electron chi connectivity index (χ0n) is 12.0. The standard InChI is InChI=1S/C9H20NO.2C2H5.Al/c1-4-7-10(8-5-2)9(11)6-3;2*1-2;/h9H,4-8H2,1-3H3;2*1H2,2H3;/q-1;;;+1. The van der Waals surface area contributed by atoms with Crippen LogP contribution < -0.4 is 0 Å². The van der Waals surface area contributed by atoms with Crippen LogP contribution in [0.5, 0.6) is 0 Å². The Balaban J connectivity index is 4.27. The van der Waals surface area contributed by atoms with Gasteiger partial charge in [-0.2, -0.15) is 0 Å². The lowest BCUT2D eigenvalue weighted by Crippen LogP contribution is -2.41. The molecule has 0 aliphatic carbocycles. The molecule has 0 bridgehead atoms. The van der Waals surface area contributed by atoms with Crippen molar-refractivity contribution in [2.24, 2.45) is 0 Å². The summed E-state index contributed by atoms with van der Waals surface area (Å²) >= 11 is -0.915. The zero-order chi connectivity index (χ0) is 12.4. The van der Waals surface area contributed by atoms with Gasteiger partial charge in [0.25, 0.3) is 0 Å². The Bertz CT molecular complexity index is 145. The lowest BCUT2D eigenvalue weighted by Gasteiger charge is -2.33. The Hall–Kier alpha value is 0.452. The maximum absolute atomic E-state index is 6.33. The van der Waals surface area contributed by atoms with Gasteiger partial charge >= 0.3 is 14.5 Å². The van der Waals surface area contributed by atoms with Gasteiger partial charge in [-0.05, 0) is 19.3 Å². The molecule has 0 fully saturated rings. The van der Waals surface area contributed by atoms with E-state index in [9.17, 15) is 0 Å². The molecular formula is C13H30AlNO. The molecule has 16 heavy (non-hydrogen) atoms. The highest BCUT2D eigenvalue weighted by molar-refractivity contribution is 6.51. The number of hydrogen-bond acceptors (Lipinski definition) is 2. The summed E-state index contributed by atoms with van der Waals surface area (Å²) in [7, 11) is 0. The summed E-state index contributed by atoms with van der Waals surface area (Å²) in [4.78, 5) is 2.53. The molecule has 0 saturated heterocycles. The van der Waals surface area contributed by atoms with E-state index in [1.807, 2.05) is 0 Å². The van der Waals surface area contributed by atoms with E-state index in [2.05, 4.69) is 39.5 Å². The van der Waals surface area contributed by atoms with E-state index in [0.717, 1.165) is 6.42 Å². The van der Waals surface area contributed by atoms with Gasteiger partial charge in [0.05, 0.1) is 6.23 Å².